The molecule has 2 amide bonds. The van der Waals surface area contributed by atoms with Crippen LogP contribution < -0.4 is 15.1 Å². The summed E-state index contributed by atoms with van der Waals surface area (Å²) < 4.78 is 1.66. The summed E-state index contributed by atoms with van der Waals surface area (Å²) in [5, 5.41) is 14.5. The van der Waals surface area contributed by atoms with Gasteiger partial charge in [0, 0.05) is 33.4 Å². The topological polar surface area (TPSA) is 96.2 Å². The third kappa shape index (κ3) is 2.98. The minimum absolute atomic E-state index is 0.0265. The largest absolute Gasteiger partial charge is 0.354 e. The molecule has 1 fully saturated rings. The zero-order valence-corrected chi connectivity index (χ0v) is 12.9. The van der Waals surface area contributed by atoms with Crippen molar-refractivity contribution >= 4 is 23.3 Å². The molecule has 0 atom stereocenters. The number of amides is 2. The Labute approximate surface area is 132 Å². The SMILES string of the molecule is CNC(=O)c1ccc(N2CCN(c3cnn(C)c3)C(=O)C2)nn1. The minimum atomic E-state index is -0.290. The summed E-state index contributed by atoms with van der Waals surface area (Å²) in [7, 11) is 3.35. The minimum Gasteiger partial charge on any atom is -0.354 e. The summed E-state index contributed by atoms with van der Waals surface area (Å²) in [6.45, 7) is 1.39. The van der Waals surface area contributed by atoms with Crippen LogP contribution in [0.25, 0.3) is 0 Å². The lowest BCUT2D eigenvalue weighted by Gasteiger charge is -2.33. The Kier molecular flexibility index (Phi) is 3.92. The monoisotopic (exact) mass is 315 g/mol. The maximum absolute atomic E-state index is 12.3. The molecule has 1 N–H and O–H groups in total. The molecule has 9 heteroatoms. The molecule has 2 aromatic rings. The lowest BCUT2D eigenvalue weighted by atomic mass is 10.2. The van der Waals surface area contributed by atoms with Crippen LogP contribution in [-0.2, 0) is 11.8 Å². The summed E-state index contributed by atoms with van der Waals surface area (Å²) in [5.41, 5.74) is 1.04. The molecule has 0 spiro atoms. The van der Waals surface area contributed by atoms with E-state index in [9.17, 15) is 9.59 Å². The number of hydrogen-bond donors (Lipinski definition) is 1. The number of aryl methyl sites for hydroxylation is 1. The molecule has 1 saturated heterocycles. The second-order valence-electron chi connectivity index (χ2n) is 5.20. The second kappa shape index (κ2) is 6.03. The van der Waals surface area contributed by atoms with Crippen molar-refractivity contribution in [3.63, 3.8) is 0 Å². The summed E-state index contributed by atoms with van der Waals surface area (Å²) in [6, 6.07) is 3.30. The number of carbonyl (C=O) groups excluding carboxylic acids is 2. The third-order valence-corrected chi connectivity index (χ3v) is 3.66. The Hall–Kier alpha value is -2.97. The van der Waals surface area contributed by atoms with E-state index >= 15 is 0 Å². The highest BCUT2D eigenvalue weighted by Crippen LogP contribution is 2.19. The van der Waals surface area contributed by atoms with E-state index in [1.54, 1.807) is 27.9 Å². The fourth-order valence-corrected chi connectivity index (χ4v) is 2.43. The molecule has 0 aliphatic carbocycles. The first-order valence-electron chi connectivity index (χ1n) is 7.18. The van der Waals surface area contributed by atoms with Gasteiger partial charge in [-0.2, -0.15) is 5.10 Å². The molecule has 23 heavy (non-hydrogen) atoms. The Bertz CT molecular complexity index is 725. The van der Waals surface area contributed by atoms with Gasteiger partial charge in [0.15, 0.2) is 11.5 Å². The second-order valence-corrected chi connectivity index (χ2v) is 5.20. The summed E-state index contributed by atoms with van der Waals surface area (Å²) in [5.74, 6) is 0.264. The van der Waals surface area contributed by atoms with Crippen LogP contribution in [0.4, 0.5) is 11.5 Å². The molecule has 9 nitrogen and oxygen atoms in total. The molecule has 2 aromatic heterocycles. The van der Waals surface area contributed by atoms with E-state index < -0.39 is 0 Å². The highest BCUT2D eigenvalue weighted by molar-refractivity contribution is 5.97. The van der Waals surface area contributed by atoms with Crippen LogP contribution in [0, 0.1) is 0 Å². The van der Waals surface area contributed by atoms with Crippen LogP contribution in [0.15, 0.2) is 24.5 Å². The van der Waals surface area contributed by atoms with Crippen molar-refractivity contribution in [1.29, 1.82) is 0 Å². The van der Waals surface area contributed by atoms with Crippen LogP contribution >= 0.6 is 0 Å². The Morgan fingerprint density at radius 2 is 2.09 bits per heavy atom. The van der Waals surface area contributed by atoms with Crippen LogP contribution in [-0.4, -0.2) is 58.5 Å². The molecule has 3 rings (SSSR count). The quantitative estimate of drug-likeness (QED) is 0.814. The number of carbonyl (C=O) groups is 2. The van der Waals surface area contributed by atoms with Gasteiger partial charge in [-0.15, -0.1) is 10.2 Å². The van der Waals surface area contributed by atoms with Gasteiger partial charge in [0.05, 0.1) is 18.4 Å². The van der Waals surface area contributed by atoms with E-state index in [4.69, 9.17) is 0 Å². The first-order valence-corrected chi connectivity index (χ1v) is 7.18. The predicted molar refractivity (Wildman–Crippen MR) is 83.2 cm³/mol. The smallest absolute Gasteiger partial charge is 0.271 e. The highest BCUT2D eigenvalue weighted by atomic mass is 16.2. The maximum Gasteiger partial charge on any atom is 0.271 e. The van der Waals surface area contributed by atoms with Gasteiger partial charge in [-0.3, -0.25) is 14.3 Å². The van der Waals surface area contributed by atoms with Crippen LogP contribution in [0.3, 0.4) is 0 Å². The number of nitrogens with one attached hydrogen (secondary N) is 1. The van der Waals surface area contributed by atoms with Crippen molar-refractivity contribution in [3.8, 4) is 0 Å². The molecule has 0 bridgehead atoms. The highest BCUT2D eigenvalue weighted by Gasteiger charge is 2.26. The van der Waals surface area contributed by atoms with Crippen molar-refractivity contribution in [2.75, 3.05) is 36.5 Å². The average Bonchev–Trinajstić information content (AvgIpc) is 3.00. The average molecular weight is 315 g/mol. The third-order valence-electron chi connectivity index (χ3n) is 3.66. The zero-order valence-electron chi connectivity index (χ0n) is 12.9. The molecule has 1 aliphatic rings. The lowest BCUT2D eigenvalue weighted by Crippen LogP contribution is -2.50. The van der Waals surface area contributed by atoms with Gasteiger partial charge in [0.2, 0.25) is 5.91 Å². The van der Waals surface area contributed by atoms with Crippen molar-refractivity contribution in [3.05, 3.63) is 30.2 Å². The van der Waals surface area contributed by atoms with Gasteiger partial charge >= 0.3 is 0 Å². The van der Waals surface area contributed by atoms with Crippen molar-refractivity contribution in [1.82, 2.24) is 25.3 Å². The Morgan fingerprint density at radius 1 is 1.26 bits per heavy atom. The fourth-order valence-electron chi connectivity index (χ4n) is 2.43. The predicted octanol–water partition coefficient (Wildman–Crippen LogP) is -0.577. The number of piperazine rings is 1. The standard InChI is InChI=1S/C14H17N7O2/c1-15-14(23)11-3-4-12(18-17-11)20-5-6-21(13(22)9-20)10-7-16-19(2)8-10/h3-4,7-8H,5-6,9H2,1-2H3,(H,15,23). The molecule has 120 valence electrons. The molecule has 3 heterocycles. The number of hydrogen-bond acceptors (Lipinski definition) is 6. The summed E-state index contributed by atoms with van der Waals surface area (Å²) >= 11 is 0. The van der Waals surface area contributed by atoms with Crippen molar-refractivity contribution in [2.24, 2.45) is 7.05 Å². The molecule has 0 unspecified atom stereocenters. The Balaban J connectivity index is 1.70. The van der Waals surface area contributed by atoms with Crippen LogP contribution in [0.2, 0.25) is 0 Å². The van der Waals surface area contributed by atoms with E-state index in [1.807, 2.05) is 18.1 Å². The van der Waals surface area contributed by atoms with Gasteiger partial charge in [0.1, 0.15) is 0 Å². The maximum atomic E-state index is 12.3. The lowest BCUT2D eigenvalue weighted by molar-refractivity contribution is -0.117. The number of anilines is 2. The van der Waals surface area contributed by atoms with E-state index in [-0.39, 0.29) is 24.1 Å². The van der Waals surface area contributed by atoms with Crippen LogP contribution in [0.5, 0.6) is 0 Å². The molecular weight excluding hydrogens is 298 g/mol. The molecule has 0 saturated carbocycles. The van der Waals surface area contributed by atoms with E-state index in [2.05, 4.69) is 20.6 Å². The number of aromatic nitrogens is 4. The first-order chi connectivity index (χ1) is 11.1. The fraction of sp³-hybridized carbons (Fsp3) is 0.357. The first kappa shape index (κ1) is 14.9. The molecule has 0 radical (unpaired) electrons. The van der Waals surface area contributed by atoms with Crippen LogP contribution in [0.1, 0.15) is 10.5 Å². The normalized spacial score (nSPS) is 15.0. The van der Waals surface area contributed by atoms with Gasteiger partial charge in [-0.1, -0.05) is 0 Å². The van der Waals surface area contributed by atoms with E-state index in [0.29, 0.717) is 18.9 Å². The Morgan fingerprint density at radius 3 is 2.65 bits per heavy atom. The van der Waals surface area contributed by atoms with Gasteiger partial charge in [-0.05, 0) is 12.1 Å². The molecular formula is C14H17N7O2. The molecule has 0 aromatic carbocycles. The van der Waals surface area contributed by atoms with E-state index in [0.717, 1.165) is 5.69 Å². The van der Waals surface area contributed by atoms with Crippen molar-refractivity contribution in [2.45, 2.75) is 0 Å². The van der Waals surface area contributed by atoms with Gasteiger partial charge in [0.25, 0.3) is 5.91 Å². The summed E-state index contributed by atoms with van der Waals surface area (Å²) in [4.78, 5) is 27.4. The summed E-state index contributed by atoms with van der Waals surface area (Å²) in [6.07, 6.45) is 3.48. The number of rotatable bonds is 3. The number of nitrogens with zero attached hydrogens (tertiary/aromatic N) is 6. The molecule has 1 aliphatic heterocycles. The zero-order chi connectivity index (χ0) is 16.4. The van der Waals surface area contributed by atoms with Crippen molar-refractivity contribution < 1.29 is 9.59 Å². The van der Waals surface area contributed by atoms with Gasteiger partial charge < -0.3 is 15.1 Å². The van der Waals surface area contributed by atoms with Gasteiger partial charge in [-0.25, -0.2) is 0 Å². The van der Waals surface area contributed by atoms with E-state index in [1.165, 1.54) is 7.05 Å².